The van der Waals surface area contributed by atoms with Gasteiger partial charge in [0, 0.05) is 24.5 Å². The van der Waals surface area contributed by atoms with Gasteiger partial charge in [-0.3, -0.25) is 9.78 Å². The van der Waals surface area contributed by atoms with Crippen LogP contribution in [0.4, 0.5) is 4.39 Å². The Morgan fingerprint density at radius 1 is 1.21 bits per heavy atom. The lowest BCUT2D eigenvalue weighted by atomic mass is 9.79. The van der Waals surface area contributed by atoms with Gasteiger partial charge in [-0.2, -0.15) is 0 Å². The van der Waals surface area contributed by atoms with Crippen molar-refractivity contribution < 1.29 is 19.0 Å². The van der Waals surface area contributed by atoms with Crippen LogP contribution < -0.4 is 4.74 Å². The maximum absolute atomic E-state index is 15.4. The van der Waals surface area contributed by atoms with E-state index in [1.807, 2.05) is 18.2 Å². The third-order valence-corrected chi connectivity index (χ3v) is 7.85. The number of fused-ring (bicyclic) bond motifs is 1. The van der Waals surface area contributed by atoms with Gasteiger partial charge in [0.05, 0.1) is 12.6 Å². The van der Waals surface area contributed by atoms with Crippen molar-refractivity contribution in [3.05, 3.63) is 36.0 Å². The summed E-state index contributed by atoms with van der Waals surface area (Å²) < 4.78 is 20.7. The number of benzene rings is 1. The molecule has 0 spiro atoms. The van der Waals surface area contributed by atoms with Crippen molar-refractivity contribution in [2.45, 2.75) is 64.0 Å². The third kappa shape index (κ3) is 6.23. The van der Waals surface area contributed by atoms with Crippen LogP contribution in [0.2, 0.25) is 0 Å². The zero-order valence-electron chi connectivity index (χ0n) is 19.7. The lowest BCUT2D eigenvalue weighted by Gasteiger charge is -2.38. The second-order valence-electron chi connectivity index (χ2n) is 9.97. The Balaban J connectivity index is 1.37. The smallest absolute Gasteiger partial charge is 0.303 e. The fourth-order valence-electron chi connectivity index (χ4n) is 5.92. The van der Waals surface area contributed by atoms with Crippen molar-refractivity contribution in [3.63, 3.8) is 0 Å². The molecule has 2 fully saturated rings. The van der Waals surface area contributed by atoms with Crippen LogP contribution in [0, 0.1) is 17.8 Å². The molecule has 1 saturated carbocycles. The summed E-state index contributed by atoms with van der Waals surface area (Å²) in [5.41, 5.74) is 1.40. The summed E-state index contributed by atoms with van der Waals surface area (Å²) in [4.78, 5) is 18.4. The molecule has 1 aromatic heterocycles. The van der Waals surface area contributed by atoms with Gasteiger partial charge < -0.3 is 14.7 Å². The van der Waals surface area contributed by atoms with Gasteiger partial charge in [-0.25, -0.2) is 4.39 Å². The first kappa shape index (κ1) is 23.9. The van der Waals surface area contributed by atoms with E-state index in [0.717, 1.165) is 42.9 Å². The highest BCUT2D eigenvalue weighted by Crippen LogP contribution is 2.36. The van der Waals surface area contributed by atoms with Gasteiger partial charge in [0.25, 0.3) is 0 Å². The Morgan fingerprint density at radius 3 is 2.79 bits per heavy atom. The van der Waals surface area contributed by atoms with Crippen LogP contribution in [0.5, 0.6) is 5.75 Å². The lowest BCUT2D eigenvalue weighted by Crippen LogP contribution is -2.42. The molecule has 2 aliphatic rings. The number of hydrogen-bond donors (Lipinski definition) is 1. The monoisotopic (exact) mass is 456 g/mol. The fraction of sp³-hybridized carbons (Fsp3) is 0.630. The first-order valence-corrected chi connectivity index (χ1v) is 12.5. The average Bonchev–Trinajstić information content (AvgIpc) is 3.34. The molecule has 0 bridgehead atoms. The second-order valence-corrected chi connectivity index (χ2v) is 9.97. The summed E-state index contributed by atoms with van der Waals surface area (Å²) in [6.45, 7) is 2.90. The minimum atomic E-state index is -1.10. The molecule has 1 aromatic carbocycles. The van der Waals surface area contributed by atoms with E-state index in [0.29, 0.717) is 24.2 Å². The van der Waals surface area contributed by atoms with E-state index in [9.17, 15) is 9.90 Å². The summed E-state index contributed by atoms with van der Waals surface area (Å²) in [5.74, 6) is 1.15. The van der Waals surface area contributed by atoms with Gasteiger partial charge in [0.15, 0.2) is 0 Å². The van der Waals surface area contributed by atoms with Crippen molar-refractivity contribution >= 4 is 16.9 Å². The number of methoxy groups -OCH3 is 1. The molecule has 1 aliphatic heterocycles. The van der Waals surface area contributed by atoms with Crippen molar-refractivity contribution in [2.75, 3.05) is 26.7 Å². The molecule has 2 heterocycles. The minimum Gasteiger partial charge on any atom is -0.497 e. The van der Waals surface area contributed by atoms with Gasteiger partial charge in [0.2, 0.25) is 0 Å². The van der Waals surface area contributed by atoms with E-state index in [-0.39, 0.29) is 18.3 Å². The molecule has 2 aromatic rings. The Labute approximate surface area is 196 Å². The third-order valence-electron chi connectivity index (χ3n) is 7.85. The number of halogens is 1. The topological polar surface area (TPSA) is 62.7 Å². The number of rotatable bonds is 10. The van der Waals surface area contributed by atoms with Crippen molar-refractivity contribution in [1.29, 1.82) is 0 Å². The molecule has 180 valence electrons. The molecule has 3 atom stereocenters. The molecule has 1 aliphatic carbocycles. The number of hydrogen-bond acceptors (Lipinski definition) is 4. The van der Waals surface area contributed by atoms with Crippen LogP contribution in [-0.2, 0) is 4.79 Å². The summed E-state index contributed by atoms with van der Waals surface area (Å²) in [6, 6.07) is 7.30. The first-order chi connectivity index (χ1) is 16.0. The van der Waals surface area contributed by atoms with E-state index < -0.39 is 12.1 Å². The van der Waals surface area contributed by atoms with E-state index in [4.69, 9.17) is 4.74 Å². The molecule has 1 unspecified atom stereocenters. The van der Waals surface area contributed by atoms with Crippen LogP contribution >= 0.6 is 0 Å². The molecule has 6 heteroatoms. The van der Waals surface area contributed by atoms with Gasteiger partial charge in [0.1, 0.15) is 11.9 Å². The predicted octanol–water partition coefficient (Wildman–Crippen LogP) is 6.03. The normalized spacial score (nSPS) is 23.1. The number of carboxylic acids is 1. The van der Waals surface area contributed by atoms with E-state index in [2.05, 4.69) is 9.88 Å². The van der Waals surface area contributed by atoms with Crippen LogP contribution in [0.25, 0.3) is 10.9 Å². The number of aliphatic carboxylic acids is 1. The van der Waals surface area contributed by atoms with Gasteiger partial charge in [-0.1, -0.05) is 25.7 Å². The molecular formula is C27H37FN2O3. The number of likely N-dealkylation sites (tertiary alicyclic amines) is 1. The van der Waals surface area contributed by atoms with Gasteiger partial charge in [-0.05, 0) is 86.4 Å². The molecule has 1 saturated heterocycles. The maximum atomic E-state index is 15.4. The van der Waals surface area contributed by atoms with Gasteiger partial charge >= 0.3 is 5.97 Å². The Bertz CT molecular complexity index is 931. The van der Waals surface area contributed by atoms with Gasteiger partial charge in [-0.15, -0.1) is 0 Å². The number of alkyl halides is 1. The quantitative estimate of drug-likeness (QED) is 0.473. The summed E-state index contributed by atoms with van der Waals surface area (Å²) in [6.07, 6.45) is 9.46. The van der Waals surface area contributed by atoms with Crippen LogP contribution in [-0.4, -0.2) is 47.7 Å². The zero-order chi connectivity index (χ0) is 23.2. The maximum Gasteiger partial charge on any atom is 0.303 e. The average molecular weight is 457 g/mol. The van der Waals surface area contributed by atoms with Crippen molar-refractivity contribution in [3.8, 4) is 5.75 Å². The molecule has 33 heavy (non-hydrogen) atoms. The summed E-state index contributed by atoms with van der Waals surface area (Å²) >= 11 is 0. The number of nitrogens with zero attached hydrogens (tertiary/aromatic N) is 2. The number of carbonyl (C=O) groups is 1. The number of piperidine rings is 1. The Hall–Kier alpha value is -2.21. The summed E-state index contributed by atoms with van der Waals surface area (Å²) in [7, 11) is 1.60. The number of pyridine rings is 1. The summed E-state index contributed by atoms with van der Waals surface area (Å²) in [5, 5.41) is 10.3. The standard InChI is InChI=1S/C27H37FN2O3/c1-33-22-7-9-26-24(17-22)23(10-13-29-26)25(28)8-6-20-12-15-30(18-21(20)16-27(31)32)14-11-19-4-2-3-5-19/h7,9-10,13,17,19-21,25H,2-6,8,11-12,14-16,18H2,1H3,(H,31,32)/t20-,21+,25?/m1/s1. The van der Waals surface area contributed by atoms with Crippen molar-refractivity contribution in [2.24, 2.45) is 17.8 Å². The Kier molecular flexibility index (Phi) is 8.18. The molecule has 4 rings (SSSR count). The van der Waals surface area contributed by atoms with Crippen LogP contribution in [0.1, 0.15) is 69.5 Å². The SMILES string of the molecule is COc1ccc2nccc(C(F)CC[C@@H]3CCN(CCC4CCCC4)C[C@@H]3CC(=O)O)c2c1. The molecular weight excluding hydrogens is 419 g/mol. The van der Waals surface area contributed by atoms with Crippen molar-refractivity contribution in [1.82, 2.24) is 9.88 Å². The van der Waals surface area contributed by atoms with E-state index >= 15 is 4.39 Å². The highest BCUT2D eigenvalue weighted by Gasteiger charge is 2.32. The largest absolute Gasteiger partial charge is 0.497 e. The van der Waals surface area contributed by atoms with Crippen LogP contribution in [0.15, 0.2) is 30.5 Å². The molecule has 1 N–H and O–H groups in total. The highest BCUT2D eigenvalue weighted by molar-refractivity contribution is 5.83. The highest BCUT2D eigenvalue weighted by atomic mass is 19.1. The molecule has 5 nitrogen and oxygen atoms in total. The second kappa shape index (κ2) is 11.3. The predicted molar refractivity (Wildman–Crippen MR) is 128 cm³/mol. The minimum absolute atomic E-state index is 0.0984. The number of ether oxygens (including phenoxy) is 1. The number of aromatic nitrogens is 1. The Morgan fingerprint density at radius 2 is 2.03 bits per heavy atom. The molecule has 0 amide bonds. The van der Waals surface area contributed by atoms with E-state index in [1.165, 1.54) is 32.1 Å². The molecule has 0 radical (unpaired) electrons. The first-order valence-electron chi connectivity index (χ1n) is 12.5. The lowest BCUT2D eigenvalue weighted by molar-refractivity contribution is -0.139. The van der Waals surface area contributed by atoms with E-state index in [1.54, 1.807) is 19.4 Å². The van der Waals surface area contributed by atoms with Crippen LogP contribution in [0.3, 0.4) is 0 Å². The fourth-order valence-corrected chi connectivity index (χ4v) is 5.92. The number of carboxylic acid groups (broad SMARTS) is 1. The zero-order valence-corrected chi connectivity index (χ0v) is 19.7.